The van der Waals surface area contributed by atoms with E-state index in [0.717, 1.165) is 34.8 Å². The summed E-state index contributed by atoms with van der Waals surface area (Å²) in [6.45, 7) is 9.16. The highest BCUT2D eigenvalue weighted by atomic mass is 16.5. The molecule has 1 amide bonds. The molecule has 0 aliphatic carbocycles. The second kappa shape index (κ2) is 9.21. The van der Waals surface area contributed by atoms with Gasteiger partial charge in [-0.15, -0.1) is 0 Å². The van der Waals surface area contributed by atoms with Gasteiger partial charge in [0.1, 0.15) is 11.4 Å². The van der Waals surface area contributed by atoms with Crippen LogP contribution >= 0.6 is 0 Å². The summed E-state index contributed by atoms with van der Waals surface area (Å²) in [5.41, 5.74) is 1.79. The summed E-state index contributed by atoms with van der Waals surface area (Å²) in [4.78, 5) is 12.7. The van der Waals surface area contributed by atoms with E-state index in [1.54, 1.807) is 0 Å². The van der Waals surface area contributed by atoms with E-state index in [4.69, 9.17) is 14.2 Å². The Morgan fingerprint density at radius 3 is 2.59 bits per heavy atom. The summed E-state index contributed by atoms with van der Waals surface area (Å²) in [6.07, 6.45) is 1.80. The molecule has 0 bridgehead atoms. The molecule has 2 aromatic carbocycles. The highest BCUT2D eigenvalue weighted by molar-refractivity contribution is 5.77. The van der Waals surface area contributed by atoms with Crippen LogP contribution < -0.4 is 19.5 Å². The lowest BCUT2D eigenvalue weighted by atomic mass is 9.89. The molecule has 3 rings (SSSR count). The summed E-state index contributed by atoms with van der Waals surface area (Å²) in [5.74, 6) is 2.35. The van der Waals surface area contributed by atoms with Crippen LogP contribution in [0.5, 0.6) is 17.2 Å². The van der Waals surface area contributed by atoms with Crippen molar-refractivity contribution in [1.29, 1.82) is 0 Å². The number of ether oxygens (including phenoxy) is 3. The number of hydrogen-bond donors (Lipinski definition) is 1. The van der Waals surface area contributed by atoms with E-state index >= 15 is 0 Å². The summed E-state index contributed by atoms with van der Waals surface area (Å²) in [5, 5.41) is 3.20. The van der Waals surface area contributed by atoms with Gasteiger partial charge in [0, 0.05) is 18.4 Å². The van der Waals surface area contributed by atoms with Gasteiger partial charge in [0.2, 0.25) is 5.91 Å². The Bertz CT molecular complexity index is 847. The first-order valence-corrected chi connectivity index (χ1v) is 10.4. The van der Waals surface area contributed by atoms with Crippen molar-refractivity contribution in [2.45, 2.75) is 58.6 Å². The Hall–Kier alpha value is -2.69. The van der Waals surface area contributed by atoms with Crippen LogP contribution in [0, 0.1) is 0 Å². The number of carbonyl (C=O) groups excluding carboxylic acids is 1. The van der Waals surface area contributed by atoms with Gasteiger partial charge in [-0.25, -0.2) is 0 Å². The molecule has 1 atom stereocenters. The number of rotatable bonds is 8. The minimum absolute atomic E-state index is 0.0364. The van der Waals surface area contributed by atoms with E-state index in [-0.39, 0.29) is 17.6 Å². The molecule has 0 saturated carbocycles. The van der Waals surface area contributed by atoms with Crippen LogP contribution in [0.2, 0.25) is 0 Å². The minimum atomic E-state index is -0.312. The van der Waals surface area contributed by atoms with Crippen LogP contribution in [0.15, 0.2) is 42.5 Å². The second-order valence-corrected chi connectivity index (χ2v) is 7.87. The topological polar surface area (TPSA) is 56.8 Å². The van der Waals surface area contributed by atoms with Crippen molar-refractivity contribution in [3.05, 3.63) is 53.6 Å². The van der Waals surface area contributed by atoms with E-state index in [9.17, 15) is 4.79 Å². The van der Waals surface area contributed by atoms with Gasteiger partial charge < -0.3 is 19.5 Å². The van der Waals surface area contributed by atoms with Crippen molar-refractivity contribution >= 4 is 5.91 Å². The molecule has 29 heavy (non-hydrogen) atoms. The van der Waals surface area contributed by atoms with Crippen molar-refractivity contribution < 1.29 is 19.0 Å². The monoisotopic (exact) mass is 397 g/mol. The minimum Gasteiger partial charge on any atom is -0.490 e. The number of hydrogen-bond acceptors (Lipinski definition) is 4. The van der Waals surface area contributed by atoms with E-state index in [1.807, 2.05) is 56.3 Å². The average molecular weight is 398 g/mol. The summed E-state index contributed by atoms with van der Waals surface area (Å²) in [6, 6.07) is 13.8. The van der Waals surface area contributed by atoms with Crippen molar-refractivity contribution in [3.8, 4) is 17.2 Å². The molecule has 1 heterocycles. The van der Waals surface area contributed by atoms with E-state index in [0.29, 0.717) is 26.1 Å². The smallest absolute Gasteiger partial charge is 0.220 e. The first kappa shape index (κ1) is 21.0. The Balaban J connectivity index is 1.64. The molecule has 1 aliphatic heterocycles. The predicted molar refractivity (Wildman–Crippen MR) is 114 cm³/mol. The maximum atomic E-state index is 12.7. The third-order valence-corrected chi connectivity index (χ3v) is 4.96. The normalized spacial score (nSPS) is 17.0. The van der Waals surface area contributed by atoms with Crippen LogP contribution in [-0.2, 0) is 11.2 Å². The van der Waals surface area contributed by atoms with Crippen LogP contribution in [-0.4, -0.2) is 24.7 Å². The first-order valence-electron chi connectivity index (χ1n) is 10.4. The molecule has 1 N–H and O–H groups in total. The molecule has 0 unspecified atom stereocenters. The van der Waals surface area contributed by atoms with Gasteiger partial charge in [-0.3, -0.25) is 4.79 Å². The fraction of sp³-hybridized carbons (Fsp3) is 0.458. The van der Waals surface area contributed by atoms with Gasteiger partial charge in [0.15, 0.2) is 11.5 Å². The molecule has 1 aliphatic rings. The van der Waals surface area contributed by atoms with Gasteiger partial charge in [-0.1, -0.05) is 24.3 Å². The fourth-order valence-electron chi connectivity index (χ4n) is 3.71. The summed E-state index contributed by atoms with van der Waals surface area (Å²) < 4.78 is 17.3. The molecule has 5 heteroatoms. The Kier molecular flexibility index (Phi) is 6.68. The molecular weight excluding hydrogens is 366 g/mol. The number of carbonyl (C=O) groups is 1. The van der Waals surface area contributed by atoms with E-state index in [2.05, 4.69) is 19.2 Å². The number of benzene rings is 2. The highest BCUT2D eigenvalue weighted by Gasteiger charge is 2.34. The van der Waals surface area contributed by atoms with Crippen molar-refractivity contribution in [3.63, 3.8) is 0 Å². The van der Waals surface area contributed by atoms with Crippen LogP contribution in [0.3, 0.4) is 0 Å². The van der Waals surface area contributed by atoms with Gasteiger partial charge in [0.05, 0.1) is 19.3 Å². The van der Waals surface area contributed by atoms with Crippen LogP contribution in [0.4, 0.5) is 0 Å². The molecule has 2 aromatic rings. The molecule has 0 aromatic heterocycles. The van der Waals surface area contributed by atoms with Crippen LogP contribution in [0.25, 0.3) is 0 Å². The lowest BCUT2D eigenvalue weighted by Crippen LogP contribution is -2.41. The van der Waals surface area contributed by atoms with Gasteiger partial charge in [-0.05, 0) is 57.9 Å². The predicted octanol–water partition coefficient (Wildman–Crippen LogP) is 4.84. The maximum absolute atomic E-state index is 12.7. The quantitative estimate of drug-likeness (QED) is 0.693. The number of fused-ring (bicyclic) bond motifs is 1. The molecule has 156 valence electrons. The van der Waals surface area contributed by atoms with Crippen molar-refractivity contribution in [2.75, 3.05) is 13.2 Å². The van der Waals surface area contributed by atoms with Gasteiger partial charge >= 0.3 is 0 Å². The number of para-hydroxylation sites is 1. The molecule has 5 nitrogen and oxygen atoms in total. The largest absolute Gasteiger partial charge is 0.490 e. The molecule has 0 spiro atoms. The zero-order chi connectivity index (χ0) is 20.9. The van der Waals surface area contributed by atoms with Crippen molar-refractivity contribution in [2.24, 2.45) is 0 Å². The van der Waals surface area contributed by atoms with Crippen molar-refractivity contribution in [1.82, 2.24) is 5.32 Å². The Morgan fingerprint density at radius 1 is 1.10 bits per heavy atom. The second-order valence-electron chi connectivity index (χ2n) is 7.87. The maximum Gasteiger partial charge on any atom is 0.220 e. The first-order chi connectivity index (χ1) is 13.9. The Morgan fingerprint density at radius 2 is 1.83 bits per heavy atom. The van der Waals surface area contributed by atoms with Crippen LogP contribution in [0.1, 0.15) is 57.7 Å². The zero-order valence-corrected chi connectivity index (χ0v) is 17.8. The molecule has 0 saturated heterocycles. The highest BCUT2D eigenvalue weighted by Crippen LogP contribution is 2.39. The molecule has 0 radical (unpaired) electrons. The third-order valence-electron chi connectivity index (χ3n) is 4.96. The Labute approximate surface area is 173 Å². The van der Waals surface area contributed by atoms with Gasteiger partial charge in [0.25, 0.3) is 0 Å². The number of aryl methyl sites for hydroxylation is 1. The van der Waals surface area contributed by atoms with Gasteiger partial charge in [-0.2, -0.15) is 0 Å². The third kappa shape index (κ3) is 5.43. The van der Waals surface area contributed by atoms with E-state index in [1.165, 1.54) is 0 Å². The van der Waals surface area contributed by atoms with E-state index < -0.39 is 0 Å². The number of amides is 1. The molecule has 0 fully saturated rings. The average Bonchev–Trinajstić information content (AvgIpc) is 2.67. The lowest BCUT2D eigenvalue weighted by Gasteiger charge is -2.37. The number of nitrogens with one attached hydrogen (secondary N) is 1. The fourth-order valence-corrected chi connectivity index (χ4v) is 3.71. The SMILES string of the molecule is CCOc1ccc(CCC(=O)N[C@@H]2CC(C)(C)Oc3ccccc32)cc1OCC. The lowest BCUT2D eigenvalue weighted by molar-refractivity contribution is -0.122. The molecular formula is C24H31NO4. The zero-order valence-electron chi connectivity index (χ0n) is 17.8. The standard InChI is InChI=1S/C24H31NO4/c1-5-27-21-13-11-17(15-22(21)28-6-2)12-14-23(26)25-19-16-24(3,4)29-20-10-8-7-9-18(19)20/h7-11,13,15,19H,5-6,12,14,16H2,1-4H3,(H,25,26)/t19-/m1/s1. The summed E-state index contributed by atoms with van der Waals surface area (Å²) in [7, 11) is 0. The summed E-state index contributed by atoms with van der Waals surface area (Å²) >= 11 is 0.